The van der Waals surface area contributed by atoms with Crippen molar-refractivity contribution in [1.82, 2.24) is 0 Å². The van der Waals surface area contributed by atoms with Crippen molar-refractivity contribution < 1.29 is 9.53 Å². The molecule has 3 heteroatoms. The second kappa shape index (κ2) is 3.90. The molecule has 50 valence electrons. The molecule has 1 unspecified atom stereocenters. The Morgan fingerprint density at radius 3 is 2.78 bits per heavy atom. The lowest BCUT2D eigenvalue weighted by atomic mass is 10.4. The molecule has 0 aliphatic carbocycles. The molecule has 9 heavy (non-hydrogen) atoms. The van der Waals surface area contributed by atoms with Crippen LogP contribution in [0, 0.1) is 6.57 Å². The molecular formula is C6H9NO2. The number of carbonyl (C=O) groups is 1. The first kappa shape index (κ1) is 7.96. The second-order valence-corrected chi connectivity index (χ2v) is 1.56. The third-order valence-electron chi connectivity index (χ3n) is 0.821. The van der Waals surface area contributed by atoms with E-state index >= 15 is 0 Å². The molecule has 0 aromatic heterocycles. The predicted molar refractivity (Wildman–Crippen MR) is 32.7 cm³/mol. The lowest BCUT2D eigenvalue weighted by Crippen LogP contribution is -2.15. The number of carbonyl (C=O) groups excluding carboxylic acids is 1. The minimum atomic E-state index is -0.648. The molecule has 0 amide bonds. The number of nitrogens with zero attached hydrogens (tertiary/aromatic N) is 1. The average Bonchev–Trinajstić information content (AvgIpc) is 1.87. The lowest BCUT2D eigenvalue weighted by Gasteiger charge is -1.97. The van der Waals surface area contributed by atoms with Crippen LogP contribution in [-0.4, -0.2) is 18.6 Å². The number of rotatable bonds is 2. The Morgan fingerprint density at radius 2 is 2.44 bits per heavy atom. The zero-order chi connectivity index (χ0) is 7.28. The van der Waals surface area contributed by atoms with Crippen LogP contribution in [0.5, 0.6) is 0 Å². The molecule has 0 aromatic carbocycles. The molecule has 3 nitrogen and oxygen atoms in total. The van der Waals surface area contributed by atoms with Crippen molar-refractivity contribution in [3.8, 4) is 0 Å². The van der Waals surface area contributed by atoms with Gasteiger partial charge in [0, 0.05) is 6.92 Å². The fourth-order valence-electron chi connectivity index (χ4n) is 0.316. The summed E-state index contributed by atoms with van der Waals surface area (Å²) in [6, 6.07) is -0.648. The van der Waals surface area contributed by atoms with Crippen molar-refractivity contribution in [1.29, 1.82) is 0 Å². The van der Waals surface area contributed by atoms with Gasteiger partial charge in [-0.05, 0) is 6.92 Å². The van der Waals surface area contributed by atoms with Gasteiger partial charge in [0.25, 0.3) is 0 Å². The highest BCUT2D eigenvalue weighted by molar-refractivity contribution is 5.76. The van der Waals surface area contributed by atoms with Gasteiger partial charge in [-0.3, -0.25) is 0 Å². The van der Waals surface area contributed by atoms with Crippen LogP contribution in [0.15, 0.2) is 0 Å². The van der Waals surface area contributed by atoms with Gasteiger partial charge in [-0.25, -0.2) is 11.4 Å². The predicted octanol–water partition coefficient (Wildman–Crippen LogP) is 0.857. The molecule has 0 N–H and O–H groups in total. The van der Waals surface area contributed by atoms with Gasteiger partial charge in [0.1, 0.15) is 0 Å². The van der Waals surface area contributed by atoms with Crippen LogP contribution in [0.3, 0.4) is 0 Å². The van der Waals surface area contributed by atoms with Crippen LogP contribution in [0.2, 0.25) is 0 Å². The van der Waals surface area contributed by atoms with Crippen molar-refractivity contribution in [3.63, 3.8) is 0 Å². The van der Waals surface area contributed by atoms with Gasteiger partial charge in [-0.15, -0.1) is 0 Å². The van der Waals surface area contributed by atoms with Crippen molar-refractivity contribution in [2.24, 2.45) is 0 Å². The van der Waals surface area contributed by atoms with E-state index in [0.717, 1.165) is 0 Å². The first-order valence-corrected chi connectivity index (χ1v) is 2.75. The summed E-state index contributed by atoms with van der Waals surface area (Å²) in [5, 5.41) is 0. The second-order valence-electron chi connectivity index (χ2n) is 1.56. The Kier molecular flexibility index (Phi) is 3.45. The van der Waals surface area contributed by atoms with Crippen molar-refractivity contribution >= 4 is 5.97 Å². The van der Waals surface area contributed by atoms with Crippen LogP contribution in [0.25, 0.3) is 4.85 Å². The highest BCUT2D eigenvalue weighted by atomic mass is 16.5. The molecule has 0 radical (unpaired) electrons. The minimum absolute atomic E-state index is 0.346. The number of ether oxygens (including phenoxy) is 1. The molecule has 0 heterocycles. The van der Waals surface area contributed by atoms with Crippen molar-refractivity contribution in [3.05, 3.63) is 11.4 Å². The van der Waals surface area contributed by atoms with Gasteiger partial charge < -0.3 is 9.58 Å². The van der Waals surface area contributed by atoms with E-state index in [4.69, 9.17) is 6.57 Å². The fraction of sp³-hybridized carbons (Fsp3) is 0.667. The fourth-order valence-corrected chi connectivity index (χ4v) is 0.316. The smallest absolute Gasteiger partial charge is 0.389 e. The van der Waals surface area contributed by atoms with Crippen LogP contribution >= 0.6 is 0 Å². The Morgan fingerprint density at radius 1 is 1.89 bits per heavy atom. The quantitative estimate of drug-likeness (QED) is 0.407. The average molecular weight is 127 g/mol. The Labute approximate surface area is 54.4 Å². The summed E-state index contributed by atoms with van der Waals surface area (Å²) >= 11 is 0. The molecule has 1 atom stereocenters. The third kappa shape index (κ3) is 2.70. The summed E-state index contributed by atoms with van der Waals surface area (Å²) in [7, 11) is 0. The van der Waals surface area contributed by atoms with E-state index in [0.29, 0.717) is 6.61 Å². The summed E-state index contributed by atoms with van der Waals surface area (Å²) < 4.78 is 4.54. The van der Waals surface area contributed by atoms with E-state index in [1.54, 1.807) is 6.92 Å². The number of esters is 1. The SMILES string of the molecule is [C-]#[N+]C(C)C(=O)OCC. The summed E-state index contributed by atoms with van der Waals surface area (Å²) in [5.74, 6) is -0.437. The Hall–Kier alpha value is -1.04. The highest BCUT2D eigenvalue weighted by Crippen LogP contribution is 1.91. The van der Waals surface area contributed by atoms with E-state index in [2.05, 4.69) is 9.58 Å². The molecule has 0 bridgehead atoms. The highest BCUT2D eigenvalue weighted by Gasteiger charge is 2.16. The summed E-state index contributed by atoms with van der Waals surface area (Å²) in [4.78, 5) is 13.5. The lowest BCUT2D eigenvalue weighted by molar-refractivity contribution is -0.143. The summed E-state index contributed by atoms with van der Waals surface area (Å²) in [6.45, 7) is 10.0. The molecule has 0 saturated carbocycles. The van der Waals surface area contributed by atoms with Crippen molar-refractivity contribution in [2.45, 2.75) is 19.9 Å². The zero-order valence-electron chi connectivity index (χ0n) is 5.55. The van der Waals surface area contributed by atoms with Crippen LogP contribution < -0.4 is 0 Å². The summed E-state index contributed by atoms with van der Waals surface area (Å²) in [6.07, 6.45) is 0. The van der Waals surface area contributed by atoms with Gasteiger partial charge in [0.05, 0.1) is 6.61 Å². The molecule has 0 saturated heterocycles. The van der Waals surface area contributed by atoms with Crippen LogP contribution in [0.4, 0.5) is 0 Å². The van der Waals surface area contributed by atoms with E-state index < -0.39 is 12.0 Å². The molecule has 0 aliphatic rings. The standard InChI is InChI=1S/C6H9NO2/c1-4-9-6(8)5(2)7-3/h5H,4H2,1-2H3. The molecule has 0 spiro atoms. The number of hydrogen-bond donors (Lipinski definition) is 0. The first-order chi connectivity index (χ1) is 4.22. The maximum absolute atomic E-state index is 10.5. The molecule has 0 aliphatic heterocycles. The maximum atomic E-state index is 10.5. The molecular weight excluding hydrogens is 118 g/mol. The first-order valence-electron chi connectivity index (χ1n) is 2.75. The van der Waals surface area contributed by atoms with Gasteiger partial charge in [0.2, 0.25) is 0 Å². The van der Waals surface area contributed by atoms with Gasteiger partial charge in [-0.1, -0.05) is 0 Å². The van der Waals surface area contributed by atoms with Crippen LogP contribution in [0.1, 0.15) is 13.8 Å². The minimum Gasteiger partial charge on any atom is -0.460 e. The Bertz CT molecular complexity index is 136. The van der Waals surface area contributed by atoms with Gasteiger partial charge >= 0.3 is 12.0 Å². The maximum Gasteiger partial charge on any atom is 0.389 e. The molecule has 0 aromatic rings. The third-order valence-corrected chi connectivity index (χ3v) is 0.821. The summed E-state index contributed by atoms with van der Waals surface area (Å²) in [5.41, 5.74) is 0. The van der Waals surface area contributed by atoms with E-state index in [1.807, 2.05) is 0 Å². The zero-order valence-corrected chi connectivity index (χ0v) is 5.55. The van der Waals surface area contributed by atoms with E-state index in [1.165, 1.54) is 6.92 Å². The molecule has 0 fully saturated rings. The Balaban J connectivity index is 3.63. The number of hydrogen-bond acceptors (Lipinski definition) is 2. The van der Waals surface area contributed by atoms with Gasteiger partial charge in [-0.2, -0.15) is 0 Å². The topological polar surface area (TPSA) is 30.7 Å². The monoisotopic (exact) mass is 127 g/mol. The molecule has 0 rings (SSSR count). The largest absolute Gasteiger partial charge is 0.460 e. The van der Waals surface area contributed by atoms with E-state index in [9.17, 15) is 4.79 Å². The van der Waals surface area contributed by atoms with Gasteiger partial charge in [0.15, 0.2) is 0 Å². The van der Waals surface area contributed by atoms with Crippen LogP contribution in [-0.2, 0) is 9.53 Å². The van der Waals surface area contributed by atoms with E-state index in [-0.39, 0.29) is 0 Å². The normalized spacial score (nSPS) is 11.7. The van der Waals surface area contributed by atoms with Crippen molar-refractivity contribution in [2.75, 3.05) is 6.61 Å².